The molecule has 7 heteroatoms. The molecule has 1 aromatic carbocycles. The molecule has 2 aromatic heterocycles. The molecule has 0 saturated carbocycles. The van der Waals surface area contributed by atoms with Crippen LogP contribution in [0, 0.1) is 0 Å². The SMILES string of the molecule is Cn1c(=O)c2nc(-c3ccccc3)c(N)nc2n(C)c1=O. The van der Waals surface area contributed by atoms with Gasteiger partial charge in [-0.15, -0.1) is 0 Å². The van der Waals surface area contributed by atoms with Crippen molar-refractivity contribution in [2.24, 2.45) is 14.1 Å². The number of benzene rings is 1. The Bertz CT molecular complexity index is 957. The molecule has 2 N–H and O–H groups in total. The van der Waals surface area contributed by atoms with Gasteiger partial charge in [0, 0.05) is 19.7 Å². The highest BCUT2D eigenvalue weighted by Gasteiger charge is 2.15. The van der Waals surface area contributed by atoms with Crippen LogP contribution in [0.2, 0.25) is 0 Å². The smallest absolute Gasteiger partial charge is 0.332 e. The van der Waals surface area contributed by atoms with E-state index in [1.54, 1.807) is 0 Å². The molecule has 2 heterocycles. The van der Waals surface area contributed by atoms with Crippen LogP contribution in [0.1, 0.15) is 0 Å². The van der Waals surface area contributed by atoms with E-state index in [-0.39, 0.29) is 17.0 Å². The summed E-state index contributed by atoms with van der Waals surface area (Å²) in [6, 6.07) is 9.23. The normalized spacial score (nSPS) is 11.0. The van der Waals surface area contributed by atoms with Crippen molar-refractivity contribution in [3.05, 3.63) is 51.2 Å². The fraction of sp³-hybridized carbons (Fsp3) is 0.143. The van der Waals surface area contributed by atoms with Crippen molar-refractivity contribution < 1.29 is 0 Å². The molecule has 3 rings (SSSR count). The van der Waals surface area contributed by atoms with Gasteiger partial charge >= 0.3 is 5.69 Å². The second-order valence-corrected chi connectivity index (χ2v) is 4.70. The Morgan fingerprint density at radius 2 is 1.67 bits per heavy atom. The van der Waals surface area contributed by atoms with E-state index < -0.39 is 11.2 Å². The Balaban J connectivity index is 2.45. The van der Waals surface area contributed by atoms with Gasteiger partial charge in [-0.25, -0.2) is 14.8 Å². The maximum absolute atomic E-state index is 12.2. The number of aryl methyl sites for hydroxylation is 1. The minimum absolute atomic E-state index is 0.118. The molecule has 0 saturated heterocycles. The Labute approximate surface area is 119 Å². The minimum atomic E-state index is -0.488. The van der Waals surface area contributed by atoms with Crippen molar-refractivity contribution in [1.82, 2.24) is 19.1 Å². The maximum atomic E-state index is 12.2. The summed E-state index contributed by atoms with van der Waals surface area (Å²) in [5, 5.41) is 0. The largest absolute Gasteiger partial charge is 0.382 e. The lowest BCUT2D eigenvalue weighted by atomic mass is 10.1. The number of fused-ring (bicyclic) bond motifs is 1. The molecule has 0 spiro atoms. The topological polar surface area (TPSA) is 95.8 Å². The van der Waals surface area contributed by atoms with Crippen molar-refractivity contribution in [2.45, 2.75) is 0 Å². The lowest BCUT2D eigenvalue weighted by molar-refractivity contribution is 0.705. The summed E-state index contributed by atoms with van der Waals surface area (Å²) in [5.74, 6) is 0.178. The average Bonchev–Trinajstić information content (AvgIpc) is 2.51. The van der Waals surface area contributed by atoms with E-state index >= 15 is 0 Å². The van der Waals surface area contributed by atoms with E-state index in [4.69, 9.17) is 5.73 Å². The Kier molecular flexibility index (Phi) is 2.83. The fourth-order valence-electron chi connectivity index (χ4n) is 2.19. The monoisotopic (exact) mass is 283 g/mol. The minimum Gasteiger partial charge on any atom is -0.382 e. The van der Waals surface area contributed by atoms with Crippen molar-refractivity contribution in [1.29, 1.82) is 0 Å². The van der Waals surface area contributed by atoms with Gasteiger partial charge in [-0.3, -0.25) is 13.9 Å². The molecule has 3 aromatic rings. The molecule has 0 atom stereocenters. The molecule has 0 radical (unpaired) electrons. The molecular formula is C14H13N5O2. The van der Waals surface area contributed by atoms with E-state index in [2.05, 4.69) is 9.97 Å². The quantitative estimate of drug-likeness (QED) is 0.692. The maximum Gasteiger partial charge on any atom is 0.332 e. The molecule has 0 amide bonds. The zero-order valence-corrected chi connectivity index (χ0v) is 11.6. The highest BCUT2D eigenvalue weighted by atomic mass is 16.2. The van der Waals surface area contributed by atoms with E-state index in [0.29, 0.717) is 5.69 Å². The van der Waals surface area contributed by atoms with Crippen LogP contribution in [0.4, 0.5) is 5.82 Å². The van der Waals surface area contributed by atoms with Crippen LogP contribution in [0.3, 0.4) is 0 Å². The summed E-state index contributed by atoms with van der Waals surface area (Å²) in [6.45, 7) is 0. The molecule has 106 valence electrons. The van der Waals surface area contributed by atoms with Gasteiger partial charge in [0.2, 0.25) is 0 Å². The first-order valence-electron chi connectivity index (χ1n) is 6.29. The third-order valence-electron chi connectivity index (χ3n) is 3.35. The molecule has 7 nitrogen and oxygen atoms in total. The molecule has 0 unspecified atom stereocenters. The van der Waals surface area contributed by atoms with E-state index in [9.17, 15) is 9.59 Å². The van der Waals surface area contributed by atoms with Gasteiger partial charge in [0.15, 0.2) is 17.0 Å². The number of anilines is 1. The lowest BCUT2D eigenvalue weighted by Gasteiger charge is -2.09. The zero-order chi connectivity index (χ0) is 15.1. The number of nitrogens with zero attached hydrogens (tertiary/aromatic N) is 4. The fourth-order valence-corrected chi connectivity index (χ4v) is 2.19. The number of nitrogen functional groups attached to an aromatic ring is 1. The van der Waals surface area contributed by atoms with Crippen molar-refractivity contribution >= 4 is 17.0 Å². The lowest BCUT2D eigenvalue weighted by Crippen LogP contribution is -2.37. The van der Waals surface area contributed by atoms with Crippen LogP contribution in [-0.4, -0.2) is 19.1 Å². The predicted octanol–water partition coefficient (Wildman–Crippen LogP) is 0.276. The number of aromatic nitrogens is 4. The van der Waals surface area contributed by atoms with Gasteiger partial charge in [0.1, 0.15) is 5.69 Å². The summed E-state index contributed by atoms with van der Waals surface area (Å²) in [6.07, 6.45) is 0. The zero-order valence-electron chi connectivity index (χ0n) is 11.6. The van der Waals surface area contributed by atoms with Crippen LogP contribution in [0.15, 0.2) is 39.9 Å². The van der Waals surface area contributed by atoms with Gasteiger partial charge < -0.3 is 5.73 Å². The van der Waals surface area contributed by atoms with Crippen LogP contribution in [0.25, 0.3) is 22.4 Å². The van der Waals surface area contributed by atoms with Crippen LogP contribution >= 0.6 is 0 Å². The number of nitrogens with two attached hydrogens (primary N) is 1. The van der Waals surface area contributed by atoms with Crippen LogP contribution in [-0.2, 0) is 14.1 Å². The van der Waals surface area contributed by atoms with Gasteiger partial charge in [0.25, 0.3) is 5.56 Å². The first-order chi connectivity index (χ1) is 10.0. The molecule has 0 fully saturated rings. The third-order valence-corrected chi connectivity index (χ3v) is 3.35. The molecule has 0 aliphatic heterocycles. The first kappa shape index (κ1) is 13.0. The molecular weight excluding hydrogens is 270 g/mol. The summed E-state index contributed by atoms with van der Waals surface area (Å²) in [4.78, 5) is 32.6. The molecule has 0 bridgehead atoms. The summed E-state index contributed by atoms with van der Waals surface area (Å²) >= 11 is 0. The Morgan fingerprint density at radius 1 is 1.00 bits per heavy atom. The van der Waals surface area contributed by atoms with Gasteiger partial charge in [-0.1, -0.05) is 30.3 Å². The highest BCUT2D eigenvalue weighted by molar-refractivity contribution is 5.79. The first-order valence-corrected chi connectivity index (χ1v) is 6.29. The summed E-state index contributed by atoms with van der Waals surface area (Å²) < 4.78 is 2.26. The summed E-state index contributed by atoms with van der Waals surface area (Å²) in [7, 11) is 2.94. The highest BCUT2D eigenvalue weighted by Crippen LogP contribution is 2.22. The number of rotatable bonds is 1. The molecule has 0 aliphatic rings. The van der Waals surface area contributed by atoms with Crippen molar-refractivity contribution in [3.8, 4) is 11.3 Å². The number of hydrogen-bond donors (Lipinski definition) is 1. The van der Waals surface area contributed by atoms with Crippen molar-refractivity contribution in [2.75, 3.05) is 5.73 Å². The Morgan fingerprint density at radius 3 is 2.33 bits per heavy atom. The van der Waals surface area contributed by atoms with Gasteiger partial charge in [-0.2, -0.15) is 0 Å². The summed E-state index contributed by atoms with van der Waals surface area (Å²) in [5.41, 5.74) is 6.47. The van der Waals surface area contributed by atoms with Crippen molar-refractivity contribution in [3.63, 3.8) is 0 Å². The number of hydrogen-bond acceptors (Lipinski definition) is 5. The standard InChI is InChI=1S/C14H13N5O2/c1-18-12-10(13(20)19(2)14(18)21)16-9(11(15)17-12)8-6-4-3-5-7-8/h3-7H,1-2H3,(H2,15,17). The second kappa shape index (κ2) is 4.55. The van der Waals surface area contributed by atoms with E-state index in [0.717, 1.165) is 10.1 Å². The van der Waals surface area contributed by atoms with E-state index in [1.165, 1.54) is 18.7 Å². The second-order valence-electron chi connectivity index (χ2n) is 4.70. The molecule has 21 heavy (non-hydrogen) atoms. The molecule has 0 aliphatic carbocycles. The third kappa shape index (κ3) is 1.90. The predicted molar refractivity (Wildman–Crippen MR) is 79.9 cm³/mol. The van der Waals surface area contributed by atoms with Gasteiger partial charge in [-0.05, 0) is 0 Å². The van der Waals surface area contributed by atoms with Crippen LogP contribution < -0.4 is 17.0 Å². The average molecular weight is 283 g/mol. The Hall–Kier alpha value is -2.96. The van der Waals surface area contributed by atoms with E-state index in [1.807, 2.05) is 30.3 Å². The van der Waals surface area contributed by atoms with Gasteiger partial charge in [0.05, 0.1) is 0 Å². The van der Waals surface area contributed by atoms with Crippen LogP contribution in [0.5, 0.6) is 0 Å².